The Hall–Kier alpha value is -1.09. The molecule has 1 aliphatic rings. The zero-order valence-corrected chi connectivity index (χ0v) is 10.3. The maximum atomic E-state index is 12.0. The number of halogens is 1. The first-order chi connectivity index (χ1) is 8.35. The summed E-state index contributed by atoms with van der Waals surface area (Å²) in [7, 11) is 0. The lowest BCUT2D eigenvalue weighted by Gasteiger charge is -2.13. The van der Waals surface area contributed by atoms with Crippen LogP contribution in [0.2, 0.25) is 0 Å². The summed E-state index contributed by atoms with van der Waals surface area (Å²) in [5, 5.41) is 3.48. The van der Waals surface area contributed by atoms with E-state index >= 15 is 0 Å². The molecule has 1 aromatic rings. The van der Waals surface area contributed by atoms with Gasteiger partial charge in [0.1, 0.15) is 5.75 Å². The molecule has 0 saturated heterocycles. The first-order valence-electron chi connectivity index (χ1n) is 6.40. The van der Waals surface area contributed by atoms with E-state index in [2.05, 4.69) is 24.4 Å². The number of benzene rings is 1. The van der Waals surface area contributed by atoms with Gasteiger partial charge in [0.2, 0.25) is 0 Å². The summed E-state index contributed by atoms with van der Waals surface area (Å²) in [6, 6.07) is 6.73. The summed E-state index contributed by atoms with van der Waals surface area (Å²) in [5.74, 6) is 0.870. The Bertz CT molecular complexity index is 367. The van der Waals surface area contributed by atoms with E-state index in [-0.39, 0.29) is 6.67 Å². The van der Waals surface area contributed by atoms with Gasteiger partial charge in [-0.2, -0.15) is 0 Å². The van der Waals surface area contributed by atoms with E-state index in [4.69, 9.17) is 4.74 Å². The predicted octanol–water partition coefficient (Wildman–Crippen LogP) is 3.02. The highest BCUT2D eigenvalue weighted by molar-refractivity contribution is 5.40. The van der Waals surface area contributed by atoms with Crippen LogP contribution in [0.4, 0.5) is 4.39 Å². The summed E-state index contributed by atoms with van der Waals surface area (Å²) >= 11 is 0. The number of fused-ring (bicyclic) bond motifs is 1. The molecule has 1 aromatic carbocycles. The third kappa shape index (κ3) is 2.97. The van der Waals surface area contributed by atoms with Gasteiger partial charge in [0.25, 0.3) is 0 Å². The number of ether oxygens (including phenoxy) is 1. The molecule has 1 aliphatic carbocycles. The summed E-state index contributed by atoms with van der Waals surface area (Å²) in [5.41, 5.74) is 2.76. The van der Waals surface area contributed by atoms with Crippen molar-refractivity contribution in [3.8, 4) is 5.75 Å². The monoisotopic (exact) mass is 237 g/mol. The minimum atomic E-state index is -0.312. The van der Waals surface area contributed by atoms with Crippen molar-refractivity contribution in [1.29, 1.82) is 0 Å². The average molecular weight is 237 g/mol. The van der Waals surface area contributed by atoms with Crippen molar-refractivity contribution in [3.63, 3.8) is 0 Å². The highest BCUT2D eigenvalue weighted by Gasteiger charge is 2.21. The standard InChI is InChI=1S/C14H20FNO/c1-2-16-14-7-4-11-10-12(5-6-13(11)14)17-9-3-8-15/h5-6,10,14,16H,2-4,7-9H2,1H3. The molecule has 1 N–H and O–H groups in total. The average Bonchev–Trinajstić information content (AvgIpc) is 2.73. The zero-order valence-electron chi connectivity index (χ0n) is 10.3. The molecule has 2 nitrogen and oxygen atoms in total. The fourth-order valence-corrected chi connectivity index (χ4v) is 2.39. The Labute approximate surface area is 102 Å². The van der Waals surface area contributed by atoms with E-state index in [1.807, 2.05) is 6.07 Å². The highest BCUT2D eigenvalue weighted by Crippen LogP contribution is 2.33. The van der Waals surface area contributed by atoms with Gasteiger partial charge in [-0.1, -0.05) is 13.0 Å². The van der Waals surface area contributed by atoms with E-state index in [0.29, 0.717) is 19.1 Å². The lowest BCUT2D eigenvalue weighted by atomic mass is 10.1. The van der Waals surface area contributed by atoms with Crippen LogP contribution in [-0.2, 0) is 6.42 Å². The molecule has 1 atom stereocenters. The van der Waals surface area contributed by atoms with Crippen molar-refractivity contribution in [2.24, 2.45) is 0 Å². The van der Waals surface area contributed by atoms with Gasteiger partial charge in [-0.15, -0.1) is 0 Å². The lowest BCUT2D eigenvalue weighted by Crippen LogP contribution is -2.18. The summed E-state index contributed by atoms with van der Waals surface area (Å²) in [6.07, 6.45) is 2.74. The van der Waals surface area contributed by atoms with Gasteiger partial charge in [0, 0.05) is 12.5 Å². The van der Waals surface area contributed by atoms with Crippen LogP contribution < -0.4 is 10.1 Å². The molecule has 17 heavy (non-hydrogen) atoms. The van der Waals surface area contributed by atoms with Gasteiger partial charge in [-0.05, 0) is 42.6 Å². The first-order valence-corrected chi connectivity index (χ1v) is 6.40. The van der Waals surface area contributed by atoms with E-state index in [9.17, 15) is 4.39 Å². The number of alkyl halides is 1. The molecule has 0 fully saturated rings. The number of nitrogens with one attached hydrogen (secondary N) is 1. The van der Waals surface area contributed by atoms with Crippen molar-refractivity contribution in [1.82, 2.24) is 5.32 Å². The molecular weight excluding hydrogens is 217 g/mol. The van der Waals surface area contributed by atoms with Crippen molar-refractivity contribution >= 4 is 0 Å². The fourth-order valence-electron chi connectivity index (χ4n) is 2.39. The van der Waals surface area contributed by atoms with Crippen molar-refractivity contribution < 1.29 is 9.13 Å². The van der Waals surface area contributed by atoms with Crippen LogP contribution >= 0.6 is 0 Å². The second-order valence-corrected chi connectivity index (χ2v) is 4.40. The number of aryl methyl sites for hydroxylation is 1. The lowest BCUT2D eigenvalue weighted by molar-refractivity contribution is 0.289. The highest BCUT2D eigenvalue weighted by atomic mass is 19.1. The minimum Gasteiger partial charge on any atom is -0.493 e. The van der Waals surface area contributed by atoms with Crippen molar-refractivity contribution in [2.45, 2.75) is 32.2 Å². The maximum Gasteiger partial charge on any atom is 0.119 e. The largest absolute Gasteiger partial charge is 0.493 e. The molecule has 0 saturated carbocycles. The Balaban J connectivity index is 2.01. The molecule has 0 aliphatic heterocycles. The second-order valence-electron chi connectivity index (χ2n) is 4.40. The van der Waals surface area contributed by atoms with Crippen LogP contribution in [0.15, 0.2) is 18.2 Å². The SMILES string of the molecule is CCNC1CCc2cc(OCCCF)ccc21. The zero-order chi connectivity index (χ0) is 12.1. The van der Waals surface area contributed by atoms with E-state index in [0.717, 1.165) is 25.1 Å². The maximum absolute atomic E-state index is 12.0. The van der Waals surface area contributed by atoms with E-state index < -0.39 is 0 Å². The molecule has 0 spiro atoms. The molecule has 0 heterocycles. The molecule has 3 heteroatoms. The molecule has 0 amide bonds. The van der Waals surface area contributed by atoms with Crippen LogP contribution in [0.5, 0.6) is 5.75 Å². The quantitative estimate of drug-likeness (QED) is 0.768. The first kappa shape index (κ1) is 12.4. The number of hydrogen-bond donors (Lipinski definition) is 1. The van der Waals surface area contributed by atoms with Gasteiger partial charge in [-0.3, -0.25) is 4.39 Å². The van der Waals surface area contributed by atoms with Crippen LogP contribution in [0.1, 0.15) is 36.9 Å². The van der Waals surface area contributed by atoms with Gasteiger partial charge >= 0.3 is 0 Å². The van der Waals surface area contributed by atoms with Crippen molar-refractivity contribution in [2.75, 3.05) is 19.8 Å². The molecular formula is C14H20FNO. The van der Waals surface area contributed by atoms with Gasteiger partial charge in [0.15, 0.2) is 0 Å². The van der Waals surface area contributed by atoms with Crippen LogP contribution in [0.25, 0.3) is 0 Å². The summed E-state index contributed by atoms with van der Waals surface area (Å²) in [6.45, 7) is 3.28. The van der Waals surface area contributed by atoms with Crippen LogP contribution in [0.3, 0.4) is 0 Å². The third-order valence-corrected chi connectivity index (χ3v) is 3.19. The summed E-state index contributed by atoms with van der Waals surface area (Å²) in [4.78, 5) is 0. The second kappa shape index (κ2) is 6.01. The van der Waals surface area contributed by atoms with Gasteiger partial charge in [-0.25, -0.2) is 0 Å². The molecule has 94 valence electrons. The van der Waals surface area contributed by atoms with E-state index in [1.165, 1.54) is 11.1 Å². The van der Waals surface area contributed by atoms with Gasteiger partial charge < -0.3 is 10.1 Å². The number of rotatable bonds is 6. The molecule has 1 unspecified atom stereocenters. The van der Waals surface area contributed by atoms with Gasteiger partial charge in [0.05, 0.1) is 13.3 Å². The summed E-state index contributed by atoms with van der Waals surface area (Å²) < 4.78 is 17.5. The molecule has 0 aromatic heterocycles. The topological polar surface area (TPSA) is 21.3 Å². The Morgan fingerprint density at radius 1 is 1.47 bits per heavy atom. The molecule has 2 rings (SSSR count). The predicted molar refractivity (Wildman–Crippen MR) is 67.3 cm³/mol. The minimum absolute atomic E-state index is 0.312. The van der Waals surface area contributed by atoms with Crippen LogP contribution in [-0.4, -0.2) is 19.8 Å². The van der Waals surface area contributed by atoms with Crippen LogP contribution in [0, 0.1) is 0 Å². The Morgan fingerprint density at radius 3 is 3.12 bits per heavy atom. The third-order valence-electron chi connectivity index (χ3n) is 3.19. The Morgan fingerprint density at radius 2 is 2.35 bits per heavy atom. The number of hydrogen-bond acceptors (Lipinski definition) is 2. The van der Waals surface area contributed by atoms with E-state index in [1.54, 1.807) is 0 Å². The van der Waals surface area contributed by atoms with Crippen molar-refractivity contribution in [3.05, 3.63) is 29.3 Å². The Kier molecular flexibility index (Phi) is 4.37. The fraction of sp³-hybridized carbons (Fsp3) is 0.571. The normalized spacial score (nSPS) is 18.1. The molecule has 0 bridgehead atoms. The smallest absolute Gasteiger partial charge is 0.119 e. The molecule has 0 radical (unpaired) electrons.